The Morgan fingerprint density at radius 1 is 1.29 bits per heavy atom. The fourth-order valence-corrected chi connectivity index (χ4v) is 0.940. The van der Waals surface area contributed by atoms with Crippen LogP contribution in [0.1, 0.15) is 0 Å². The van der Waals surface area contributed by atoms with E-state index in [1.54, 1.807) is 0 Å². The Kier molecular flexibility index (Phi) is 2.14. The van der Waals surface area contributed by atoms with Crippen molar-refractivity contribution in [3.63, 3.8) is 0 Å². The number of hydrogen-bond donors (Lipinski definition) is 1. The van der Waals surface area contributed by atoms with Crippen LogP contribution >= 0.6 is 0 Å². The number of rotatable bonds is 0. The van der Waals surface area contributed by atoms with E-state index in [2.05, 4.69) is 25.7 Å². The Bertz CT molecular complexity index is 51.7. The fourth-order valence-electron chi connectivity index (χ4n) is 0.682. The summed E-state index contributed by atoms with van der Waals surface area (Å²) in [7, 11) is 0. The maximum absolute atomic E-state index is 3.26. The first-order valence-electron chi connectivity index (χ1n) is 2.60. The first kappa shape index (κ1) is 5.59. The van der Waals surface area contributed by atoms with Crippen LogP contribution < -0.4 is 5.32 Å². The molecule has 0 unspecified atom stereocenters. The molecule has 1 aliphatic rings. The predicted molar refractivity (Wildman–Crippen MR) is 30.2 cm³/mol. The van der Waals surface area contributed by atoms with E-state index in [1.165, 1.54) is 13.1 Å². The summed E-state index contributed by atoms with van der Waals surface area (Å²) in [5.41, 5.74) is 0. The fraction of sp³-hybridized carbons (Fsp3) is 1.00. The van der Waals surface area contributed by atoms with Crippen LogP contribution in [0, 0.1) is 0 Å². The van der Waals surface area contributed by atoms with Gasteiger partial charge in [0.15, 0.2) is 0 Å². The Morgan fingerprint density at radius 3 is 2.14 bits per heavy atom. The molecule has 36 valence electrons. The normalized spacial score (nSPS) is 25.4. The molecule has 0 saturated carbocycles. The minimum absolute atomic E-state index is 1.14. The number of nitrogens with zero attached hydrogens (tertiary/aromatic N) is 1. The van der Waals surface area contributed by atoms with Gasteiger partial charge in [0.25, 0.3) is 0 Å². The Hall–Kier alpha value is 0.452. The first-order chi connectivity index (χ1) is 3.39. The molecular formula is C4H9AlN2+2. The average Bonchev–Trinajstić information content (AvgIpc) is 1.69. The zero-order chi connectivity index (χ0) is 5.11. The van der Waals surface area contributed by atoms with Gasteiger partial charge in [-0.1, -0.05) is 0 Å². The van der Waals surface area contributed by atoms with E-state index < -0.39 is 0 Å². The molecule has 0 aromatic heterocycles. The van der Waals surface area contributed by atoms with Gasteiger partial charge in [0, 0.05) is 0 Å². The number of nitrogens with one attached hydrogen (secondary N) is 1. The molecule has 0 aliphatic carbocycles. The van der Waals surface area contributed by atoms with Crippen LogP contribution in [0.5, 0.6) is 0 Å². The standard InChI is InChI=1S/C4H9N2.Al/c1-2-6-4-3-5-1;/h5H,1-4H2;/q-1;+3. The monoisotopic (exact) mass is 112 g/mol. The third kappa shape index (κ3) is 1.79. The molecular weight excluding hydrogens is 103 g/mol. The summed E-state index contributed by atoms with van der Waals surface area (Å²) in [6.45, 7) is 4.63. The van der Waals surface area contributed by atoms with E-state index in [0.29, 0.717) is 0 Å². The topological polar surface area (TPSA) is 15.3 Å². The Morgan fingerprint density at radius 2 is 1.86 bits per heavy atom. The zero-order valence-corrected chi connectivity index (χ0v) is 5.51. The van der Waals surface area contributed by atoms with Crippen LogP contribution in [0.15, 0.2) is 0 Å². The van der Waals surface area contributed by atoms with Crippen molar-refractivity contribution in [3.05, 3.63) is 0 Å². The van der Waals surface area contributed by atoms with Gasteiger partial charge in [0.2, 0.25) is 0 Å². The molecule has 1 saturated heterocycles. The molecule has 3 heteroatoms. The van der Waals surface area contributed by atoms with Gasteiger partial charge in [-0.05, 0) is 0 Å². The molecule has 7 heavy (non-hydrogen) atoms. The molecule has 1 fully saturated rings. The Labute approximate surface area is 52.5 Å². The molecule has 0 aromatic rings. The van der Waals surface area contributed by atoms with Crippen molar-refractivity contribution >= 4 is 16.5 Å². The Balaban J connectivity index is 2.12. The van der Waals surface area contributed by atoms with Crippen molar-refractivity contribution in [2.24, 2.45) is 0 Å². The van der Waals surface area contributed by atoms with Crippen LogP contribution in [-0.2, 0) is 0 Å². The van der Waals surface area contributed by atoms with E-state index in [-0.39, 0.29) is 0 Å². The van der Waals surface area contributed by atoms with Gasteiger partial charge in [-0.3, -0.25) is 0 Å². The first-order valence-corrected chi connectivity index (χ1v) is 3.11. The summed E-state index contributed by atoms with van der Waals surface area (Å²) >= 11 is 2.70. The molecule has 0 radical (unpaired) electrons. The quantitative estimate of drug-likeness (QED) is 0.403. The molecule has 2 nitrogen and oxygen atoms in total. The second kappa shape index (κ2) is 2.69. The van der Waals surface area contributed by atoms with E-state index in [9.17, 15) is 0 Å². The molecule has 1 N–H and O–H groups in total. The van der Waals surface area contributed by atoms with Gasteiger partial charge in [-0.15, -0.1) is 0 Å². The molecule has 0 aromatic carbocycles. The predicted octanol–water partition coefficient (Wildman–Crippen LogP) is -1.02. The van der Waals surface area contributed by atoms with Crippen LogP contribution in [0.4, 0.5) is 0 Å². The maximum atomic E-state index is 3.26. The van der Waals surface area contributed by atoms with Crippen molar-refractivity contribution < 1.29 is 0 Å². The molecule has 0 bridgehead atoms. The number of hydrogen-bond acceptors (Lipinski definition) is 2. The van der Waals surface area contributed by atoms with Gasteiger partial charge in [-0.25, -0.2) is 0 Å². The summed E-state index contributed by atoms with van der Waals surface area (Å²) in [6.07, 6.45) is 0. The molecule has 1 aliphatic heterocycles. The average molecular weight is 112 g/mol. The minimum atomic E-state index is 1.14. The molecule has 0 amide bonds. The van der Waals surface area contributed by atoms with Gasteiger partial charge in [0.05, 0.1) is 0 Å². The van der Waals surface area contributed by atoms with E-state index in [1.807, 2.05) is 0 Å². The van der Waals surface area contributed by atoms with Crippen molar-refractivity contribution in [2.75, 3.05) is 26.2 Å². The number of piperazine rings is 1. The summed E-state index contributed by atoms with van der Waals surface area (Å²) in [5, 5.41) is 3.26. The SMILES string of the molecule is [Al+2][N]1CCNCC1. The summed E-state index contributed by atoms with van der Waals surface area (Å²) < 4.78 is 2.25. The van der Waals surface area contributed by atoms with Gasteiger partial charge in [0.1, 0.15) is 0 Å². The van der Waals surface area contributed by atoms with Gasteiger partial charge < -0.3 is 0 Å². The van der Waals surface area contributed by atoms with Gasteiger partial charge in [-0.2, -0.15) is 0 Å². The van der Waals surface area contributed by atoms with E-state index in [4.69, 9.17) is 0 Å². The van der Waals surface area contributed by atoms with Crippen LogP contribution in [-0.4, -0.2) is 46.6 Å². The zero-order valence-electron chi connectivity index (χ0n) is 4.35. The molecule has 1 rings (SSSR count). The molecule has 1 heterocycles. The van der Waals surface area contributed by atoms with E-state index in [0.717, 1.165) is 13.1 Å². The third-order valence-electron chi connectivity index (χ3n) is 1.15. The van der Waals surface area contributed by atoms with Crippen molar-refractivity contribution in [1.29, 1.82) is 0 Å². The van der Waals surface area contributed by atoms with Crippen molar-refractivity contribution in [3.8, 4) is 0 Å². The van der Waals surface area contributed by atoms with Crippen LogP contribution in [0.3, 0.4) is 0 Å². The summed E-state index contributed by atoms with van der Waals surface area (Å²) in [4.78, 5) is 0. The summed E-state index contributed by atoms with van der Waals surface area (Å²) in [5.74, 6) is 0. The van der Waals surface area contributed by atoms with E-state index >= 15 is 0 Å². The second-order valence-electron chi connectivity index (χ2n) is 1.79. The van der Waals surface area contributed by atoms with Crippen molar-refractivity contribution in [2.45, 2.75) is 0 Å². The van der Waals surface area contributed by atoms with Crippen LogP contribution in [0.25, 0.3) is 0 Å². The second-order valence-corrected chi connectivity index (χ2v) is 2.52. The third-order valence-corrected chi connectivity index (χ3v) is 1.67. The van der Waals surface area contributed by atoms with Gasteiger partial charge >= 0.3 is 51.9 Å². The van der Waals surface area contributed by atoms with Crippen molar-refractivity contribution in [1.82, 2.24) is 9.20 Å². The summed E-state index contributed by atoms with van der Waals surface area (Å²) in [6, 6.07) is 0. The molecule has 0 spiro atoms. The molecule has 0 atom stereocenters. The van der Waals surface area contributed by atoms with Crippen LogP contribution in [0.2, 0.25) is 0 Å².